The highest BCUT2D eigenvalue weighted by molar-refractivity contribution is 7.89. The number of hydrogen-bond donors (Lipinski definition) is 0. The van der Waals surface area contributed by atoms with Gasteiger partial charge in [0.2, 0.25) is 15.8 Å². The van der Waals surface area contributed by atoms with Crippen molar-refractivity contribution in [1.82, 2.24) is 4.31 Å². The molecule has 0 amide bonds. The molecule has 0 aliphatic rings. The zero-order chi connectivity index (χ0) is 23.7. The van der Waals surface area contributed by atoms with Crippen LogP contribution < -0.4 is 14.2 Å². The molecule has 2 aromatic carbocycles. The second kappa shape index (κ2) is 11.7. The van der Waals surface area contributed by atoms with Crippen LogP contribution in [-0.2, 0) is 21.4 Å². The van der Waals surface area contributed by atoms with E-state index >= 15 is 0 Å². The van der Waals surface area contributed by atoms with Crippen LogP contribution in [0.25, 0.3) is 0 Å². The molecule has 0 saturated carbocycles. The van der Waals surface area contributed by atoms with Crippen LogP contribution in [-0.4, -0.2) is 53.1 Å². The van der Waals surface area contributed by atoms with Crippen molar-refractivity contribution in [3.63, 3.8) is 0 Å². The van der Waals surface area contributed by atoms with E-state index in [2.05, 4.69) is 0 Å². The van der Waals surface area contributed by atoms with Crippen LogP contribution in [0.1, 0.15) is 42.6 Å². The molecule has 0 unspecified atom stereocenters. The second-order valence-electron chi connectivity index (χ2n) is 7.04. The highest BCUT2D eigenvalue weighted by atomic mass is 32.2. The SMILES string of the molecule is CCCN(CCC)S(=O)(=O)c1ccc(C(=O)OCc2cc(OC)c(OC)c(OC)c2)cc1. The van der Waals surface area contributed by atoms with Gasteiger partial charge >= 0.3 is 5.97 Å². The predicted molar refractivity (Wildman–Crippen MR) is 121 cm³/mol. The number of sulfonamides is 1. The molecule has 0 aliphatic heterocycles. The van der Waals surface area contributed by atoms with Crippen LogP contribution in [0.15, 0.2) is 41.3 Å². The molecule has 0 spiro atoms. The van der Waals surface area contributed by atoms with Gasteiger partial charge in [-0.2, -0.15) is 4.31 Å². The van der Waals surface area contributed by atoms with E-state index in [0.717, 1.165) is 12.8 Å². The van der Waals surface area contributed by atoms with Gasteiger partial charge < -0.3 is 18.9 Å². The summed E-state index contributed by atoms with van der Waals surface area (Å²) in [4.78, 5) is 12.6. The molecule has 0 radical (unpaired) electrons. The standard InChI is InChI=1S/C23H31NO7S/c1-6-12-24(13-7-2)32(26,27)19-10-8-18(9-11-19)23(25)31-16-17-14-20(28-3)22(30-5)21(15-17)29-4/h8-11,14-15H,6-7,12-13,16H2,1-5H3. The Balaban J connectivity index is 2.14. The Kier molecular flexibility index (Phi) is 9.34. The minimum Gasteiger partial charge on any atom is -0.493 e. The molecule has 9 heteroatoms. The third kappa shape index (κ3) is 5.92. The average molecular weight is 466 g/mol. The second-order valence-corrected chi connectivity index (χ2v) is 8.98. The zero-order valence-corrected chi connectivity index (χ0v) is 20.0. The summed E-state index contributed by atoms with van der Waals surface area (Å²) in [6.45, 7) is 4.76. The highest BCUT2D eigenvalue weighted by Gasteiger charge is 2.23. The van der Waals surface area contributed by atoms with Crippen molar-refractivity contribution in [1.29, 1.82) is 0 Å². The number of methoxy groups -OCH3 is 3. The van der Waals surface area contributed by atoms with E-state index in [1.165, 1.54) is 49.9 Å². The van der Waals surface area contributed by atoms with Gasteiger partial charge in [0.05, 0.1) is 31.8 Å². The normalized spacial score (nSPS) is 11.3. The van der Waals surface area contributed by atoms with Crippen LogP contribution in [0.2, 0.25) is 0 Å². The third-order valence-electron chi connectivity index (χ3n) is 4.77. The summed E-state index contributed by atoms with van der Waals surface area (Å²) < 4.78 is 48.4. The fourth-order valence-electron chi connectivity index (χ4n) is 3.21. The van der Waals surface area contributed by atoms with Gasteiger partial charge in [-0.05, 0) is 54.8 Å². The first-order valence-electron chi connectivity index (χ1n) is 10.4. The molecule has 2 aromatic rings. The minimum atomic E-state index is -3.60. The Morgan fingerprint density at radius 2 is 1.41 bits per heavy atom. The first-order valence-corrected chi connectivity index (χ1v) is 11.8. The summed E-state index contributed by atoms with van der Waals surface area (Å²) in [6, 6.07) is 9.18. The van der Waals surface area contributed by atoms with Gasteiger partial charge in [-0.3, -0.25) is 0 Å². The van der Waals surface area contributed by atoms with E-state index in [9.17, 15) is 13.2 Å². The Morgan fingerprint density at radius 3 is 1.84 bits per heavy atom. The lowest BCUT2D eigenvalue weighted by Crippen LogP contribution is -2.32. The van der Waals surface area contributed by atoms with E-state index in [1.807, 2.05) is 13.8 Å². The van der Waals surface area contributed by atoms with Crippen LogP contribution in [0, 0.1) is 0 Å². The smallest absolute Gasteiger partial charge is 0.338 e. The molecule has 8 nitrogen and oxygen atoms in total. The molecule has 0 N–H and O–H groups in total. The number of carbonyl (C=O) groups excluding carboxylic acids is 1. The van der Waals surface area contributed by atoms with E-state index in [-0.39, 0.29) is 17.1 Å². The van der Waals surface area contributed by atoms with Crippen molar-refractivity contribution in [3.8, 4) is 17.2 Å². The van der Waals surface area contributed by atoms with Gasteiger partial charge in [0.15, 0.2) is 11.5 Å². The highest BCUT2D eigenvalue weighted by Crippen LogP contribution is 2.38. The first kappa shape index (κ1) is 25.5. The van der Waals surface area contributed by atoms with Crippen molar-refractivity contribution in [2.24, 2.45) is 0 Å². The maximum atomic E-state index is 12.9. The maximum absolute atomic E-state index is 12.9. The largest absolute Gasteiger partial charge is 0.493 e. The lowest BCUT2D eigenvalue weighted by Gasteiger charge is -2.21. The molecule has 0 aliphatic carbocycles. The summed E-state index contributed by atoms with van der Waals surface area (Å²) in [5.41, 5.74) is 0.913. The fraction of sp³-hybridized carbons (Fsp3) is 0.435. The molecule has 0 fully saturated rings. The molecule has 32 heavy (non-hydrogen) atoms. The molecule has 0 saturated heterocycles. The van der Waals surface area contributed by atoms with E-state index < -0.39 is 16.0 Å². The van der Waals surface area contributed by atoms with E-state index in [1.54, 1.807) is 12.1 Å². The molecule has 0 heterocycles. The average Bonchev–Trinajstić information content (AvgIpc) is 2.81. The fourth-order valence-corrected chi connectivity index (χ4v) is 4.84. The molecule has 0 atom stereocenters. The topological polar surface area (TPSA) is 91.4 Å². The van der Waals surface area contributed by atoms with Gasteiger partial charge in [-0.25, -0.2) is 13.2 Å². The van der Waals surface area contributed by atoms with Crippen LogP contribution in [0.5, 0.6) is 17.2 Å². The number of rotatable bonds is 12. The monoisotopic (exact) mass is 465 g/mol. The third-order valence-corrected chi connectivity index (χ3v) is 6.68. The van der Waals surface area contributed by atoms with Gasteiger partial charge in [0.1, 0.15) is 6.61 Å². The van der Waals surface area contributed by atoms with E-state index in [0.29, 0.717) is 35.9 Å². The molecule has 176 valence electrons. The molecule has 0 bridgehead atoms. The zero-order valence-electron chi connectivity index (χ0n) is 19.2. The van der Waals surface area contributed by atoms with Gasteiger partial charge in [-0.15, -0.1) is 0 Å². The Bertz CT molecular complexity index is 973. The number of nitrogens with zero attached hydrogens (tertiary/aromatic N) is 1. The quantitative estimate of drug-likeness (QED) is 0.439. The lowest BCUT2D eigenvalue weighted by molar-refractivity contribution is 0.0472. The van der Waals surface area contributed by atoms with Crippen LogP contribution >= 0.6 is 0 Å². The summed E-state index contributed by atoms with van der Waals surface area (Å²) in [5, 5.41) is 0. The Hall–Kier alpha value is -2.78. The summed E-state index contributed by atoms with van der Waals surface area (Å²) in [7, 11) is 0.914. The van der Waals surface area contributed by atoms with Gasteiger partial charge in [0, 0.05) is 13.1 Å². The molecular weight excluding hydrogens is 434 g/mol. The van der Waals surface area contributed by atoms with Crippen LogP contribution in [0.4, 0.5) is 0 Å². The van der Waals surface area contributed by atoms with Crippen LogP contribution in [0.3, 0.4) is 0 Å². The molecule has 2 rings (SSSR count). The molecule has 0 aromatic heterocycles. The number of hydrogen-bond acceptors (Lipinski definition) is 7. The number of benzene rings is 2. The predicted octanol–water partition coefficient (Wildman–Crippen LogP) is 3.88. The Labute approximate surface area is 190 Å². The number of ether oxygens (including phenoxy) is 4. The van der Waals surface area contributed by atoms with Crippen molar-refractivity contribution >= 4 is 16.0 Å². The van der Waals surface area contributed by atoms with Crippen molar-refractivity contribution in [3.05, 3.63) is 47.5 Å². The van der Waals surface area contributed by atoms with Crippen molar-refractivity contribution < 1.29 is 32.2 Å². The van der Waals surface area contributed by atoms with E-state index in [4.69, 9.17) is 18.9 Å². The maximum Gasteiger partial charge on any atom is 0.338 e. The van der Waals surface area contributed by atoms with Gasteiger partial charge in [-0.1, -0.05) is 13.8 Å². The summed E-state index contributed by atoms with van der Waals surface area (Å²) in [6.07, 6.45) is 1.45. The van der Waals surface area contributed by atoms with Crippen molar-refractivity contribution in [2.75, 3.05) is 34.4 Å². The Morgan fingerprint density at radius 1 is 0.875 bits per heavy atom. The summed E-state index contributed by atoms with van der Waals surface area (Å²) in [5.74, 6) is 0.788. The van der Waals surface area contributed by atoms with Gasteiger partial charge in [0.25, 0.3) is 0 Å². The lowest BCUT2D eigenvalue weighted by atomic mass is 10.2. The molecular formula is C23H31NO7S. The van der Waals surface area contributed by atoms with Crippen molar-refractivity contribution in [2.45, 2.75) is 38.2 Å². The minimum absolute atomic E-state index is 0.0175. The summed E-state index contributed by atoms with van der Waals surface area (Å²) >= 11 is 0. The number of esters is 1. The first-order chi connectivity index (χ1) is 15.3. The number of carbonyl (C=O) groups is 1.